The summed E-state index contributed by atoms with van der Waals surface area (Å²) >= 11 is 0. The number of nitrogens with zero attached hydrogens (tertiary/aromatic N) is 2. The van der Waals surface area contributed by atoms with Gasteiger partial charge < -0.3 is 4.98 Å². The fourth-order valence-electron chi connectivity index (χ4n) is 2.84. The summed E-state index contributed by atoms with van der Waals surface area (Å²) in [6.07, 6.45) is 3.69. The first-order valence-corrected chi connectivity index (χ1v) is 6.75. The maximum absolute atomic E-state index is 4.60. The van der Waals surface area contributed by atoms with Crippen LogP contribution in [0, 0.1) is 6.92 Å². The maximum atomic E-state index is 4.60. The minimum absolute atomic E-state index is 0.801. The van der Waals surface area contributed by atoms with Gasteiger partial charge in [0.05, 0.1) is 5.52 Å². The van der Waals surface area contributed by atoms with E-state index in [2.05, 4.69) is 33.2 Å². The molecule has 1 aliphatic rings. The molecule has 0 saturated carbocycles. The van der Waals surface area contributed by atoms with Crippen LogP contribution in [0.4, 0.5) is 0 Å². The number of fused-ring (bicyclic) bond motifs is 2. The van der Waals surface area contributed by atoms with E-state index < -0.39 is 0 Å². The fraction of sp³-hybridized carbons (Fsp3) is 0.250. The molecule has 4 rings (SSSR count). The predicted octanol–water partition coefficient (Wildman–Crippen LogP) is 3.42. The highest BCUT2D eigenvalue weighted by Gasteiger charge is 2.13. The zero-order chi connectivity index (χ0) is 12.8. The molecule has 3 nitrogen and oxygen atoms in total. The highest BCUT2D eigenvalue weighted by atomic mass is 15.0. The van der Waals surface area contributed by atoms with Gasteiger partial charge >= 0.3 is 0 Å². The topological polar surface area (TPSA) is 41.6 Å². The molecule has 1 aromatic carbocycles. The number of nitrogens with one attached hydrogen (secondary N) is 1. The third-order valence-electron chi connectivity index (χ3n) is 3.86. The number of hydrogen-bond acceptors (Lipinski definition) is 2. The number of pyridine rings is 1. The first kappa shape index (κ1) is 10.7. The summed E-state index contributed by atoms with van der Waals surface area (Å²) in [4.78, 5) is 12.4. The molecule has 0 unspecified atom stereocenters. The lowest BCUT2D eigenvalue weighted by Crippen LogP contribution is -1.86. The number of rotatable bonds is 1. The molecular formula is C16H15N3. The van der Waals surface area contributed by atoms with E-state index in [4.69, 9.17) is 0 Å². The standard InChI is InChI=1S/C16H15N3/c1-10-5-8-14-16(17-10)19-15(18-14)13-7-6-11-3-2-4-12(11)9-13/h5-9H,2-4H2,1H3,(H,17,18,19). The van der Waals surface area contributed by atoms with Crippen LogP contribution in [0.3, 0.4) is 0 Å². The van der Waals surface area contributed by atoms with Crippen LogP contribution in [0.2, 0.25) is 0 Å². The molecule has 0 radical (unpaired) electrons. The second-order valence-electron chi connectivity index (χ2n) is 5.25. The Hall–Kier alpha value is -2.16. The average Bonchev–Trinajstić information content (AvgIpc) is 3.02. The Bertz CT molecular complexity index is 771. The fourth-order valence-corrected chi connectivity index (χ4v) is 2.84. The van der Waals surface area contributed by atoms with E-state index in [-0.39, 0.29) is 0 Å². The third kappa shape index (κ3) is 1.73. The van der Waals surface area contributed by atoms with Gasteiger partial charge in [0.1, 0.15) is 5.82 Å². The molecule has 1 N–H and O–H groups in total. The Morgan fingerprint density at radius 3 is 2.84 bits per heavy atom. The van der Waals surface area contributed by atoms with Crippen molar-refractivity contribution in [2.24, 2.45) is 0 Å². The molecule has 2 heterocycles. The summed E-state index contributed by atoms with van der Waals surface area (Å²) in [5.74, 6) is 0.919. The van der Waals surface area contributed by atoms with Crippen molar-refractivity contribution < 1.29 is 0 Å². The quantitative estimate of drug-likeness (QED) is 0.718. The van der Waals surface area contributed by atoms with Crippen LogP contribution in [0.5, 0.6) is 0 Å². The summed E-state index contributed by atoms with van der Waals surface area (Å²) in [5.41, 5.74) is 6.93. The number of H-pyrrole nitrogens is 1. The normalized spacial score (nSPS) is 13.9. The van der Waals surface area contributed by atoms with Gasteiger partial charge in [0, 0.05) is 11.3 Å². The molecule has 2 aromatic heterocycles. The van der Waals surface area contributed by atoms with Gasteiger partial charge in [0.25, 0.3) is 0 Å². The molecule has 0 bridgehead atoms. The highest BCUT2D eigenvalue weighted by Crippen LogP contribution is 2.27. The van der Waals surface area contributed by atoms with Gasteiger partial charge in [0.15, 0.2) is 5.65 Å². The van der Waals surface area contributed by atoms with Crippen LogP contribution >= 0.6 is 0 Å². The van der Waals surface area contributed by atoms with Gasteiger partial charge in [-0.2, -0.15) is 0 Å². The SMILES string of the molecule is Cc1ccc2[nH]c(-c3ccc4c(c3)CCC4)nc2n1. The summed E-state index contributed by atoms with van der Waals surface area (Å²) in [7, 11) is 0. The largest absolute Gasteiger partial charge is 0.337 e. The Labute approximate surface area is 111 Å². The second-order valence-corrected chi connectivity index (χ2v) is 5.25. The number of imidazole rings is 1. The lowest BCUT2D eigenvalue weighted by molar-refractivity contribution is 0.912. The van der Waals surface area contributed by atoms with Gasteiger partial charge in [-0.25, -0.2) is 9.97 Å². The van der Waals surface area contributed by atoms with Crippen molar-refractivity contribution in [2.45, 2.75) is 26.2 Å². The Morgan fingerprint density at radius 1 is 1.00 bits per heavy atom. The van der Waals surface area contributed by atoms with Crippen LogP contribution in [-0.4, -0.2) is 15.0 Å². The number of aromatic nitrogens is 3. The average molecular weight is 249 g/mol. The molecule has 0 aliphatic heterocycles. The minimum Gasteiger partial charge on any atom is -0.337 e. The monoisotopic (exact) mass is 249 g/mol. The van der Waals surface area contributed by atoms with Crippen molar-refractivity contribution in [2.75, 3.05) is 0 Å². The predicted molar refractivity (Wildman–Crippen MR) is 76.1 cm³/mol. The van der Waals surface area contributed by atoms with Crippen molar-refractivity contribution in [1.29, 1.82) is 0 Å². The van der Waals surface area contributed by atoms with Gasteiger partial charge in [-0.3, -0.25) is 0 Å². The Kier molecular flexibility index (Phi) is 2.21. The lowest BCUT2D eigenvalue weighted by atomic mass is 10.1. The zero-order valence-electron chi connectivity index (χ0n) is 10.9. The van der Waals surface area contributed by atoms with E-state index in [0.29, 0.717) is 0 Å². The molecule has 94 valence electrons. The molecule has 0 saturated heterocycles. The first-order valence-electron chi connectivity index (χ1n) is 6.75. The summed E-state index contributed by atoms with van der Waals surface area (Å²) in [6, 6.07) is 10.7. The van der Waals surface area contributed by atoms with E-state index in [0.717, 1.165) is 28.2 Å². The van der Waals surface area contributed by atoms with Gasteiger partial charge in [0.2, 0.25) is 0 Å². The molecule has 0 fully saturated rings. The summed E-state index contributed by atoms with van der Waals surface area (Å²) in [6.45, 7) is 1.99. The van der Waals surface area contributed by atoms with Crippen molar-refractivity contribution in [3.63, 3.8) is 0 Å². The van der Waals surface area contributed by atoms with Gasteiger partial charge in [-0.15, -0.1) is 0 Å². The molecule has 3 aromatic rings. The van der Waals surface area contributed by atoms with Gasteiger partial charge in [-0.1, -0.05) is 12.1 Å². The second kappa shape index (κ2) is 3.92. The van der Waals surface area contributed by atoms with Crippen LogP contribution in [-0.2, 0) is 12.8 Å². The Balaban J connectivity index is 1.85. The van der Waals surface area contributed by atoms with E-state index in [1.54, 1.807) is 0 Å². The van der Waals surface area contributed by atoms with Crippen LogP contribution < -0.4 is 0 Å². The number of hydrogen-bond donors (Lipinski definition) is 1. The van der Waals surface area contributed by atoms with E-state index in [1.165, 1.54) is 30.4 Å². The highest BCUT2D eigenvalue weighted by molar-refractivity contribution is 5.76. The van der Waals surface area contributed by atoms with Crippen molar-refractivity contribution in [1.82, 2.24) is 15.0 Å². The van der Waals surface area contributed by atoms with Crippen LogP contribution in [0.1, 0.15) is 23.2 Å². The number of aromatic amines is 1. The molecule has 3 heteroatoms. The van der Waals surface area contributed by atoms with E-state index in [9.17, 15) is 0 Å². The molecule has 19 heavy (non-hydrogen) atoms. The van der Waals surface area contributed by atoms with Crippen LogP contribution in [0.15, 0.2) is 30.3 Å². The summed E-state index contributed by atoms with van der Waals surface area (Å²) < 4.78 is 0. The van der Waals surface area contributed by atoms with E-state index >= 15 is 0 Å². The van der Waals surface area contributed by atoms with Crippen molar-refractivity contribution in [3.8, 4) is 11.4 Å². The summed E-state index contributed by atoms with van der Waals surface area (Å²) in [5, 5.41) is 0. The smallest absolute Gasteiger partial charge is 0.178 e. The van der Waals surface area contributed by atoms with Crippen molar-refractivity contribution >= 4 is 11.2 Å². The third-order valence-corrected chi connectivity index (χ3v) is 3.86. The minimum atomic E-state index is 0.801. The van der Waals surface area contributed by atoms with Crippen molar-refractivity contribution in [3.05, 3.63) is 47.2 Å². The molecule has 0 atom stereocenters. The molecule has 1 aliphatic carbocycles. The van der Waals surface area contributed by atoms with Crippen LogP contribution in [0.25, 0.3) is 22.6 Å². The Morgan fingerprint density at radius 2 is 1.89 bits per heavy atom. The number of aryl methyl sites for hydroxylation is 3. The molecular weight excluding hydrogens is 234 g/mol. The van der Waals surface area contributed by atoms with Gasteiger partial charge in [-0.05, 0) is 55.5 Å². The molecule has 0 spiro atoms. The zero-order valence-corrected chi connectivity index (χ0v) is 10.9. The molecule has 0 amide bonds. The van der Waals surface area contributed by atoms with E-state index in [1.807, 2.05) is 19.1 Å². The first-order chi connectivity index (χ1) is 9.29. The number of benzene rings is 1. The lowest BCUT2D eigenvalue weighted by Gasteiger charge is -2.01. The maximum Gasteiger partial charge on any atom is 0.178 e.